The number of aliphatic carboxylic acids is 1. The van der Waals surface area contributed by atoms with Crippen LogP contribution in [-0.2, 0) is 16.0 Å². The molecule has 0 unspecified atom stereocenters. The highest BCUT2D eigenvalue weighted by Crippen LogP contribution is 2.30. The summed E-state index contributed by atoms with van der Waals surface area (Å²) in [4.78, 5) is 35.9. The largest absolute Gasteiger partial charge is 0.508 e. The number of carbonyl (C=O) groups excluding carboxylic acids is 2. The summed E-state index contributed by atoms with van der Waals surface area (Å²) in [6, 6.07) is 11.0. The number of aromatic hydroxyl groups is 1. The molecule has 3 aromatic rings. The van der Waals surface area contributed by atoms with Crippen molar-refractivity contribution in [3.05, 3.63) is 64.3 Å². The van der Waals surface area contributed by atoms with Gasteiger partial charge < -0.3 is 15.5 Å². The number of nitrogens with zero attached hydrogens (tertiary/aromatic N) is 1. The van der Waals surface area contributed by atoms with Crippen LogP contribution in [-0.4, -0.2) is 39.1 Å². The lowest BCUT2D eigenvalue weighted by Gasteiger charge is -2.08. The average molecular weight is 401 g/mol. The van der Waals surface area contributed by atoms with Gasteiger partial charge in [-0.05, 0) is 55.0 Å². The van der Waals surface area contributed by atoms with Crippen LogP contribution < -0.4 is 5.32 Å². The maximum Gasteiger partial charge on any atom is 0.322 e. The number of hydrogen-bond acceptors (Lipinski definition) is 4. The number of phenolic OH excluding ortho intramolecular Hbond substituents is 1. The molecule has 3 rings (SSSR count). The van der Waals surface area contributed by atoms with E-state index in [1.54, 1.807) is 37.3 Å². The van der Waals surface area contributed by atoms with Crippen molar-refractivity contribution >= 4 is 40.3 Å². The van der Waals surface area contributed by atoms with Gasteiger partial charge >= 0.3 is 5.97 Å². The van der Waals surface area contributed by atoms with Crippen LogP contribution in [0.4, 0.5) is 0 Å². The highest BCUT2D eigenvalue weighted by atomic mass is 35.5. The van der Waals surface area contributed by atoms with Gasteiger partial charge in [0.05, 0.1) is 11.9 Å². The highest BCUT2D eigenvalue weighted by Gasteiger charge is 2.22. The van der Waals surface area contributed by atoms with Crippen molar-refractivity contribution in [3.8, 4) is 5.75 Å². The number of nitrogens with one attached hydrogen (secondary N) is 1. The Morgan fingerprint density at radius 2 is 1.79 bits per heavy atom. The molecular formula is C20H17ClN2O5. The first kappa shape index (κ1) is 19.4. The third-order valence-corrected chi connectivity index (χ3v) is 4.64. The van der Waals surface area contributed by atoms with Gasteiger partial charge in [0.1, 0.15) is 12.3 Å². The standard InChI is InChI=1S/C20H17ClN2O5/c1-11-15(9-18(25)22-10-19(26)27)16-8-14(24)6-7-17(16)23(11)20(28)12-2-4-13(21)5-3-12/h2-8,24H,9-10H2,1H3,(H,22,25)(H,26,27). The van der Waals surface area contributed by atoms with Crippen molar-refractivity contribution in [3.63, 3.8) is 0 Å². The molecule has 2 aromatic carbocycles. The van der Waals surface area contributed by atoms with E-state index in [1.165, 1.54) is 16.7 Å². The number of carbonyl (C=O) groups is 3. The molecule has 1 amide bonds. The van der Waals surface area contributed by atoms with E-state index in [4.69, 9.17) is 16.7 Å². The van der Waals surface area contributed by atoms with E-state index in [2.05, 4.69) is 5.32 Å². The summed E-state index contributed by atoms with van der Waals surface area (Å²) in [5.41, 5.74) is 2.03. The number of aromatic nitrogens is 1. The third-order valence-electron chi connectivity index (χ3n) is 4.39. The molecule has 0 aliphatic heterocycles. The monoisotopic (exact) mass is 400 g/mol. The minimum absolute atomic E-state index is 0.00390. The van der Waals surface area contributed by atoms with Gasteiger partial charge in [-0.3, -0.25) is 19.0 Å². The first-order chi connectivity index (χ1) is 13.3. The molecule has 144 valence electrons. The van der Waals surface area contributed by atoms with E-state index in [9.17, 15) is 19.5 Å². The van der Waals surface area contributed by atoms with Gasteiger partial charge in [0.15, 0.2) is 0 Å². The van der Waals surface area contributed by atoms with Crippen molar-refractivity contribution in [2.45, 2.75) is 13.3 Å². The number of rotatable bonds is 5. The van der Waals surface area contributed by atoms with E-state index >= 15 is 0 Å². The second-order valence-corrected chi connectivity index (χ2v) is 6.70. The summed E-state index contributed by atoms with van der Waals surface area (Å²) in [5.74, 6) is -1.95. The van der Waals surface area contributed by atoms with E-state index in [0.717, 1.165) is 0 Å². The third kappa shape index (κ3) is 3.84. The molecule has 0 saturated heterocycles. The molecule has 3 N–H and O–H groups in total. The summed E-state index contributed by atoms with van der Waals surface area (Å²) in [5, 5.41) is 21.9. The van der Waals surface area contributed by atoms with Crippen molar-refractivity contribution in [1.82, 2.24) is 9.88 Å². The van der Waals surface area contributed by atoms with Crippen molar-refractivity contribution in [2.75, 3.05) is 6.54 Å². The van der Waals surface area contributed by atoms with Gasteiger partial charge in [-0.25, -0.2) is 0 Å². The van der Waals surface area contributed by atoms with Gasteiger partial charge in [-0.2, -0.15) is 0 Å². The van der Waals surface area contributed by atoms with Crippen molar-refractivity contribution in [1.29, 1.82) is 0 Å². The maximum absolute atomic E-state index is 13.1. The lowest BCUT2D eigenvalue weighted by atomic mass is 10.1. The number of carboxylic acid groups (broad SMARTS) is 1. The molecule has 0 aliphatic carbocycles. The molecule has 0 fully saturated rings. The van der Waals surface area contributed by atoms with E-state index in [1.807, 2.05) is 0 Å². The van der Waals surface area contributed by atoms with E-state index < -0.39 is 18.4 Å². The smallest absolute Gasteiger partial charge is 0.322 e. The second-order valence-electron chi connectivity index (χ2n) is 6.26. The summed E-state index contributed by atoms with van der Waals surface area (Å²) in [7, 11) is 0. The van der Waals surface area contributed by atoms with E-state index in [-0.39, 0.29) is 18.1 Å². The lowest BCUT2D eigenvalue weighted by molar-refractivity contribution is -0.137. The van der Waals surface area contributed by atoms with Crippen LogP contribution in [0.25, 0.3) is 10.9 Å². The zero-order valence-electron chi connectivity index (χ0n) is 14.9. The number of carboxylic acids is 1. The fourth-order valence-electron chi connectivity index (χ4n) is 3.07. The number of phenols is 1. The molecule has 0 saturated carbocycles. The molecule has 0 atom stereocenters. The molecule has 0 spiro atoms. The summed E-state index contributed by atoms with van der Waals surface area (Å²) >= 11 is 5.89. The number of amides is 1. The number of fused-ring (bicyclic) bond motifs is 1. The van der Waals surface area contributed by atoms with Crippen LogP contribution in [0.3, 0.4) is 0 Å². The molecular weight excluding hydrogens is 384 g/mol. The molecule has 8 heteroatoms. The van der Waals surface area contributed by atoms with Crippen LogP contribution in [0, 0.1) is 6.92 Å². The van der Waals surface area contributed by atoms with Gasteiger partial charge in [0, 0.05) is 21.7 Å². The molecule has 1 aromatic heterocycles. The Hall–Kier alpha value is -3.32. The zero-order valence-corrected chi connectivity index (χ0v) is 15.7. The van der Waals surface area contributed by atoms with Gasteiger partial charge in [0.25, 0.3) is 5.91 Å². The van der Waals surface area contributed by atoms with Gasteiger partial charge in [-0.1, -0.05) is 11.6 Å². The van der Waals surface area contributed by atoms with E-state index in [0.29, 0.717) is 32.7 Å². The van der Waals surface area contributed by atoms with Crippen molar-refractivity contribution in [2.24, 2.45) is 0 Å². The summed E-state index contributed by atoms with van der Waals surface area (Å²) in [6.07, 6.45) is -0.125. The Labute approximate surface area is 165 Å². The van der Waals surface area contributed by atoms with Gasteiger partial charge in [0.2, 0.25) is 5.91 Å². The SMILES string of the molecule is Cc1c(CC(=O)NCC(=O)O)c2cc(O)ccc2n1C(=O)c1ccc(Cl)cc1. The molecule has 28 heavy (non-hydrogen) atoms. The molecule has 0 radical (unpaired) electrons. The normalized spacial score (nSPS) is 10.8. The van der Waals surface area contributed by atoms with Crippen LogP contribution in [0.15, 0.2) is 42.5 Å². The Bertz CT molecular complexity index is 1090. The fourth-order valence-corrected chi connectivity index (χ4v) is 3.20. The Kier molecular flexibility index (Phi) is 5.37. The Morgan fingerprint density at radius 1 is 1.11 bits per heavy atom. The molecule has 7 nitrogen and oxygen atoms in total. The Morgan fingerprint density at radius 3 is 2.43 bits per heavy atom. The topological polar surface area (TPSA) is 109 Å². The molecule has 0 aliphatic rings. The quantitative estimate of drug-likeness (QED) is 0.610. The first-order valence-corrected chi connectivity index (χ1v) is 8.77. The first-order valence-electron chi connectivity index (χ1n) is 8.39. The molecule has 1 heterocycles. The van der Waals surface area contributed by atoms with Crippen molar-refractivity contribution < 1.29 is 24.6 Å². The van der Waals surface area contributed by atoms with Gasteiger partial charge in [-0.15, -0.1) is 0 Å². The lowest BCUT2D eigenvalue weighted by Crippen LogP contribution is -2.30. The zero-order chi connectivity index (χ0) is 20.4. The summed E-state index contributed by atoms with van der Waals surface area (Å²) in [6.45, 7) is 1.20. The average Bonchev–Trinajstić information content (AvgIpc) is 2.91. The summed E-state index contributed by atoms with van der Waals surface area (Å²) < 4.78 is 1.47. The Balaban J connectivity index is 2.07. The minimum Gasteiger partial charge on any atom is -0.508 e. The fraction of sp³-hybridized carbons (Fsp3) is 0.150. The minimum atomic E-state index is -1.15. The molecule has 0 bridgehead atoms. The van der Waals surface area contributed by atoms with Crippen LogP contribution in [0.5, 0.6) is 5.75 Å². The number of halogens is 1. The predicted octanol–water partition coefficient (Wildman–Crippen LogP) is 2.74. The number of benzene rings is 2. The second kappa shape index (κ2) is 7.74. The van der Waals surface area contributed by atoms with Crippen LogP contribution in [0.2, 0.25) is 5.02 Å². The maximum atomic E-state index is 13.1. The predicted molar refractivity (Wildman–Crippen MR) is 104 cm³/mol. The number of hydrogen-bond donors (Lipinski definition) is 3. The van der Waals surface area contributed by atoms with Crippen LogP contribution in [0.1, 0.15) is 21.6 Å². The van der Waals surface area contributed by atoms with Crippen LogP contribution >= 0.6 is 11.6 Å². The highest BCUT2D eigenvalue weighted by molar-refractivity contribution is 6.30.